The van der Waals surface area contributed by atoms with Crippen molar-refractivity contribution in [3.8, 4) is 6.07 Å². The number of imidazole rings is 1. The first-order valence-corrected chi connectivity index (χ1v) is 11.4. The van der Waals surface area contributed by atoms with E-state index in [0.717, 1.165) is 29.2 Å². The summed E-state index contributed by atoms with van der Waals surface area (Å²) in [6, 6.07) is 13.7. The maximum Gasteiger partial charge on any atom is 0.256 e. The number of nitrogens with one attached hydrogen (secondary N) is 1. The fourth-order valence-electron chi connectivity index (χ4n) is 3.77. The van der Waals surface area contributed by atoms with E-state index in [9.17, 15) is 4.79 Å². The van der Waals surface area contributed by atoms with Crippen LogP contribution >= 0.6 is 11.8 Å². The normalized spacial score (nSPS) is 15.7. The summed E-state index contributed by atoms with van der Waals surface area (Å²) in [7, 11) is 0. The predicted molar refractivity (Wildman–Crippen MR) is 120 cm³/mol. The van der Waals surface area contributed by atoms with Crippen LogP contribution in [-0.2, 0) is 13.1 Å². The molecule has 1 N–H and O–H groups in total. The summed E-state index contributed by atoms with van der Waals surface area (Å²) in [6.07, 6.45) is 8.28. The van der Waals surface area contributed by atoms with Gasteiger partial charge in [-0.3, -0.25) is 4.79 Å². The summed E-state index contributed by atoms with van der Waals surface area (Å²) in [6.45, 7) is 2.82. The maximum absolute atomic E-state index is 12.9. The SMILES string of the molecule is CSc1ncccc1C(=O)N1CC[C@H](NCc2cncn2Cc2ccc(C#N)cc2)C1. The Hall–Kier alpha value is -3.15. The number of pyridine rings is 1. The van der Waals surface area contributed by atoms with E-state index in [1.807, 2.05) is 60.1 Å². The Kier molecular flexibility index (Phi) is 6.65. The van der Waals surface area contributed by atoms with Crippen LogP contribution in [0.3, 0.4) is 0 Å². The first-order valence-electron chi connectivity index (χ1n) is 10.2. The summed E-state index contributed by atoms with van der Waals surface area (Å²) in [4.78, 5) is 23.4. The molecule has 31 heavy (non-hydrogen) atoms. The molecular formula is C23H24N6OS. The van der Waals surface area contributed by atoms with Gasteiger partial charge in [0.05, 0.1) is 29.2 Å². The summed E-state index contributed by atoms with van der Waals surface area (Å²) in [5.74, 6) is 0.0487. The van der Waals surface area contributed by atoms with Crippen molar-refractivity contribution in [3.05, 3.63) is 77.5 Å². The van der Waals surface area contributed by atoms with Crippen molar-refractivity contribution in [1.29, 1.82) is 5.26 Å². The lowest BCUT2D eigenvalue weighted by atomic mass is 10.1. The number of hydrogen-bond donors (Lipinski definition) is 1. The van der Waals surface area contributed by atoms with Gasteiger partial charge in [-0.1, -0.05) is 12.1 Å². The lowest BCUT2D eigenvalue weighted by molar-refractivity contribution is 0.0785. The Labute approximate surface area is 186 Å². The minimum Gasteiger partial charge on any atom is -0.337 e. The highest BCUT2D eigenvalue weighted by Gasteiger charge is 2.28. The second-order valence-electron chi connectivity index (χ2n) is 7.50. The molecule has 2 aromatic heterocycles. The highest BCUT2D eigenvalue weighted by Crippen LogP contribution is 2.21. The molecule has 0 saturated carbocycles. The second kappa shape index (κ2) is 9.77. The van der Waals surface area contributed by atoms with Crippen LogP contribution in [0.2, 0.25) is 0 Å². The van der Waals surface area contributed by atoms with Gasteiger partial charge in [0.25, 0.3) is 5.91 Å². The molecule has 0 unspecified atom stereocenters. The van der Waals surface area contributed by atoms with Gasteiger partial charge in [-0.2, -0.15) is 5.26 Å². The average molecular weight is 433 g/mol. The minimum absolute atomic E-state index is 0.0487. The van der Waals surface area contributed by atoms with Crippen molar-refractivity contribution < 1.29 is 4.79 Å². The lowest BCUT2D eigenvalue weighted by Crippen LogP contribution is -2.35. The van der Waals surface area contributed by atoms with Gasteiger partial charge in [0.2, 0.25) is 0 Å². The van der Waals surface area contributed by atoms with Gasteiger partial charge < -0.3 is 14.8 Å². The van der Waals surface area contributed by atoms with Gasteiger partial charge in [-0.05, 0) is 42.5 Å². The van der Waals surface area contributed by atoms with Crippen LogP contribution in [0.1, 0.15) is 33.6 Å². The van der Waals surface area contributed by atoms with Crippen molar-refractivity contribution >= 4 is 17.7 Å². The number of thioether (sulfide) groups is 1. The van der Waals surface area contributed by atoms with E-state index in [0.29, 0.717) is 30.8 Å². The zero-order valence-electron chi connectivity index (χ0n) is 17.4. The molecule has 0 aliphatic carbocycles. The van der Waals surface area contributed by atoms with Crippen molar-refractivity contribution in [2.45, 2.75) is 30.6 Å². The largest absolute Gasteiger partial charge is 0.337 e. The number of nitrogens with zero attached hydrogens (tertiary/aromatic N) is 5. The molecule has 7 nitrogen and oxygen atoms in total. The molecule has 0 radical (unpaired) electrons. The molecule has 1 aliphatic heterocycles. The van der Waals surface area contributed by atoms with Crippen molar-refractivity contribution in [1.82, 2.24) is 24.8 Å². The smallest absolute Gasteiger partial charge is 0.256 e. The molecule has 1 aromatic carbocycles. The van der Waals surface area contributed by atoms with E-state index in [4.69, 9.17) is 5.26 Å². The molecule has 4 rings (SSSR count). The zero-order valence-corrected chi connectivity index (χ0v) is 18.2. The first-order chi connectivity index (χ1) is 15.2. The Morgan fingerprint density at radius 1 is 1.32 bits per heavy atom. The zero-order chi connectivity index (χ0) is 21.6. The van der Waals surface area contributed by atoms with Crippen LogP contribution in [0.4, 0.5) is 0 Å². The predicted octanol–water partition coefficient (Wildman–Crippen LogP) is 2.92. The molecule has 1 atom stereocenters. The van der Waals surface area contributed by atoms with Gasteiger partial charge >= 0.3 is 0 Å². The fraction of sp³-hybridized carbons (Fsp3) is 0.304. The van der Waals surface area contributed by atoms with E-state index in [2.05, 4.69) is 25.9 Å². The van der Waals surface area contributed by atoms with Gasteiger partial charge in [0.15, 0.2) is 0 Å². The Morgan fingerprint density at radius 3 is 2.94 bits per heavy atom. The number of likely N-dealkylation sites (tertiary alicyclic amines) is 1. The Morgan fingerprint density at radius 2 is 2.16 bits per heavy atom. The summed E-state index contributed by atoms with van der Waals surface area (Å²) in [5.41, 5.74) is 3.55. The monoisotopic (exact) mass is 432 g/mol. The highest BCUT2D eigenvalue weighted by molar-refractivity contribution is 7.98. The van der Waals surface area contributed by atoms with Crippen LogP contribution in [0.5, 0.6) is 0 Å². The number of amides is 1. The van der Waals surface area contributed by atoms with E-state index in [1.165, 1.54) is 11.8 Å². The van der Waals surface area contributed by atoms with Crippen molar-refractivity contribution in [2.24, 2.45) is 0 Å². The molecule has 1 aliphatic rings. The Balaban J connectivity index is 1.33. The fourth-order valence-corrected chi connectivity index (χ4v) is 4.31. The summed E-state index contributed by atoms with van der Waals surface area (Å²) >= 11 is 1.50. The van der Waals surface area contributed by atoms with Crippen molar-refractivity contribution in [2.75, 3.05) is 19.3 Å². The maximum atomic E-state index is 12.9. The third-order valence-corrected chi connectivity index (χ3v) is 6.19. The third kappa shape index (κ3) is 4.95. The number of rotatable bonds is 7. The molecule has 8 heteroatoms. The van der Waals surface area contributed by atoms with Crippen LogP contribution in [-0.4, -0.2) is 50.7 Å². The van der Waals surface area contributed by atoms with Gasteiger partial charge in [0.1, 0.15) is 5.03 Å². The van der Waals surface area contributed by atoms with E-state index in [1.54, 1.807) is 6.20 Å². The standard InChI is InChI=1S/C23H24N6OS/c1-31-22-21(3-2-9-26-22)23(30)28-10-8-19(15-28)27-13-20-12-25-16-29(20)14-18-6-4-17(11-24)5-7-18/h2-7,9,12,16,19,27H,8,10,13-15H2,1H3/t19-/m0/s1. The molecule has 1 fully saturated rings. The van der Waals surface area contributed by atoms with Crippen LogP contribution in [0.15, 0.2) is 60.1 Å². The highest BCUT2D eigenvalue weighted by atomic mass is 32.2. The summed E-state index contributed by atoms with van der Waals surface area (Å²) < 4.78 is 2.10. The van der Waals surface area contributed by atoms with E-state index < -0.39 is 0 Å². The number of nitriles is 1. The number of carbonyl (C=O) groups excluding carboxylic acids is 1. The second-order valence-corrected chi connectivity index (χ2v) is 8.29. The van der Waals surface area contributed by atoms with Gasteiger partial charge in [0, 0.05) is 44.6 Å². The van der Waals surface area contributed by atoms with Crippen LogP contribution < -0.4 is 5.32 Å². The quantitative estimate of drug-likeness (QED) is 0.578. The van der Waals surface area contributed by atoms with Crippen molar-refractivity contribution in [3.63, 3.8) is 0 Å². The lowest BCUT2D eigenvalue weighted by Gasteiger charge is -2.18. The molecule has 0 spiro atoms. The Bertz CT molecular complexity index is 1090. The summed E-state index contributed by atoms with van der Waals surface area (Å²) in [5, 5.41) is 13.3. The van der Waals surface area contributed by atoms with Gasteiger partial charge in [-0.25, -0.2) is 9.97 Å². The van der Waals surface area contributed by atoms with Gasteiger partial charge in [-0.15, -0.1) is 11.8 Å². The van der Waals surface area contributed by atoms with Crippen LogP contribution in [0, 0.1) is 11.3 Å². The molecule has 158 valence electrons. The number of benzene rings is 1. The molecule has 3 heterocycles. The van der Waals surface area contributed by atoms with Crippen LogP contribution in [0.25, 0.3) is 0 Å². The molecular weight excluding hydrogens is 408 g/mol. The number of carbonyl (C=O) groups is 1. The molecule has 0 bridgehead atoms. The minimum atomic E-state index is 0.0487. The topological polar surface area (TPSA) is 86.8 Å². The molecule has 1 saturated heterocycles. The third-order valence-electron chi connectivity index (χ3n) is 5.48. The number of aromatic nitrogens is 3. The molecule has 1 amide bonds. The first kappa shape index (κ1) is 21.1. The molecule has 3 aromatic rings. The van der Waals surface area contributed by atoms with E-state index in [-0.39, 0.29) is 11.9 Å². The average Bonchev–Trinajstić information content (AvgIpc) is 3.47. The van der Waals surface area contributed by atoms with E-state index >= 15 is 0 Å². The number of hydrogen-bond acceptors (Lipinski definition) is 6.